The number of fused-ring (bicyclic) bond motifs is 1. The Morgan fingerprint density at radius 1 is 1.16 bits per heavy atom. The van der Waals surface area contributed by atoms with E-state index in [2.05, 4.69) is 15.6 Å². The van der Waals surface area contributed by atoms with Gasteiger partial charge in [0.2, 0.25) is 5.91 Å². The van der Waals surface area contributed by atoms with E-state index in [1.807, 2.05) is 56.3 Å². The van der Waals surface area contributed by atoms with Crippen LogP contribution >= 0.6 is 11.6 Å². The first-order chi connectivity index (χ1) is 12.0. The fourth-order valence-corrected chi connectivity index (χ4v) is 3.20. The highest BCUT2D eigenvalue weighted by molar-refractivity contribution is 6.34. The van der Waals surface area contributed by atoms with Gasteiger partial charge in [0.25, 0.3) is 0 Å². The van der Waals surface area contributed by atoms with Gasteiger partial charge in [0.05, 0.1) is 21.9 Å². The molecule has 0 unspecified atom stereocenters. The first-order valence-electron chi connectivity index (χ1n) is 8.19. The molecule has 0 fully saturated rings. The van der Waals surface area contributed by atoms with Gasteiger partial charge in [-0.2, -0.15) is 0 Å². The van der Waals surface area contributed by atoms with E-state index in [1.165, 1.54) is 0 Å². The predicted molar refractivity (Wildman–Crippen MR) is 104 cm³/mol. The number of carbonyl (C=O) groups is 1. The number of hydrogen-bond acceptors (Lipinski definition) is 3. The molecule has 0 bridgehead atoms. The molecule has 1 amide bonds. The number of hydrogen-bond donors (Lipinski definition) is 2. The van der Waals surface area contributed by atoms with E-state index in [-0.39, 0.29) is 5.91 Å². The number of carbonyl (C=O) groups excluding carboxylic acids is 1. The molecule has 2 aromatic carbocycles. The van der Waals surface area contributed by atoms with E-state index in [0.29, 0.717) is 23.7 Å². The maximum Gasteiger partial charge on any atom is 0.226 e. The van der Waals surface area contributed by atoms with E-state index in [1.54, 1.807) is 6.20 Å². The number of aryl methyl sites for hydroxylation is 2. The normalized spacial score (nSPS) is 10.7. The third-order valence-corrected chi connectivity index (χ3v) is 4.29. The van der Waals surface area contributed by atoms with Gasteiger partial charge in [0, 0.05) is 24.5 Å². The van der Waals surface area contributed by atoms with Gasteiger partial charge in [-0.1, -0.05) is 35.9 Å². The molecule has 1 aromatic heterocycles. The quantitative estimate of drug-likeness (QED) is 0.682. The second kappa shape index (κ2) is 7.53. The van der Waals surface area contributed by atoms with Crippen molar-refractivity contribution >= 4 is 39.8 Å². The number of benzene rings is 2. The maximum atomic E-state index is 12.2. The molecule has 0 aliphatic heterocycles. The molecule has 0 spiro atoms. The van der Waals surface area contributed by atoms with Gasteiger partial charge in [-0.3, -0.25) is 9.78 Å². The van der Waals surface area contributed by atoms with Gasteiger partial charge in [0.15, 0.2) is 0 Å². The Bertz CT molecular complexity index is 895. The minimum absolute atomic E-state index is 0.0745. The molecule has 1 heterocycles. The molecule has 4 nitrogen and oxygen atoms in total. The number of nitrogens with zero attached hydrogens (tertiary/aromatic N) is 1. The number of anilines is 2. The standard InChI is InChI=1S/C20H20ClN3O/c1-13-11-14(2)19(16(21)12-13)24-18(25)8-10-22-17-7-3-5-15-6-4-9-23-20(15)17/h3-7,9,11-12,22H,8,10H2,1-2H3,(H,24,25). The average molecular weight is 354 g/mol. The Morgan fingerprint density at radius 3 is 2.76 bits per heavy atom. The van der Waals surface area contributed by atoms with Crippen LogP contribution in [-0.4, -0.2) is 17.4 Å². The van der Waals surface area contributed by atoms with Crippen molar-refractivity contribution in [1.82, 2.24) is 4.98 Å². The molecule has 0 radical (unpaired) electrons. The Morgan fingerprint density at radius 2 is 1.96 bits per heavy atom. The van der Waals surface area contributed by atoms with Crippen LogP contribution in [0.25, 0.3) is 10.9 Å². The number of pyridine rings is 1. The van der Waals surface area contributed by atoms with Gasteiger partial charge in [-0.15, -0.1) is 0 Å². The van der Waals surface area contributed by atoms with Gasteiger partial charge < -0.3 is 10.6 Å². The van der Waals surface area contributed by atoms with Crippen LogP contribution in [0, 0.1) is 13.8 Å². The summed E-state index contributed by atoms with van der Waals surface area (Å²) in [6.45, 7) is 4.44. The van der Waals surface area contributed by atoms with E-state index < -0.39 is 0 Å². The molecular weight excluding hydrogens is 334 g/mol. The number of para-hydroxylation sites is 1. The molecule has 25 heavy (non-hydrogen) atoms. The van der Waals surface area contributed by atoms with Crippen molar-refractivity contribution in [2.45, 2.75) is 20.3 Å². The summed E-state index contributed by atoms with van der Waals surface area (Å²) in [5, 5.41) is 7.82. The zero-order valence-electron chi connectivity index (χ0n) is 14.3. The molecule has 3 aromatic rings. The van der Waals surface area contributed by atoms with Crippen LogP contribution in [0.5, 0.6) is 0 Å². The van der Waals surface area contributed by atoms with Crippen molar-refractivity contribution in [2.24, 2.45) is 0 Å². The molecular formula is C20H20ClN3O. The lowest BCUT2D eigenvalue weighted by molar-refractivity contribution is -0.115. The highest BCUT2D eigenvalue weighted by atomic mass is 35.5. The molecule has 128 valence electrons. The van der Waals surface area contributed by atoms with Crippen molar-refractivity contribution in [3.63, 3.8) is 0 Å². The van der Waals surface area contributed by atoms with Gasteiger partial charge in [0.1, 0.15) is 0 Å². The third kappa shape index (κ3) is 4.09. The lowest BCUT2D eigenvalue weighted by Crippen LogP contribution is -2.17. The highest BCUT2D eigenvalue weighted by Crippen LogP contribution is 2.27. The molecule has 0 saturated carbocycles. The van der Waals surface area contributed by atoms with Crippen LogP contribution in [0.2, 0.25) is 5.02 Å². The first-order valence-corrected chi connectivity index (χ1v) is 8.56. The van der Waals surface area contributed by atoms with Crippen LogP contribution in [-0.2, 0) is 4.79 Å². The molecule has 2 N–H and O–H groups in total. The number of halogens is 1. The smallest absolute Gasteiger partial charge is 0.226 e. The van der Waals surface area contributed by atoms with Crippen molar-refractivity contribution < 1.29 is 4.79 Å². The van der Waals surface area contributed by atoms with Gasteiger partial charge in [-0.25, -0.2) is 0 Å². The van der Waals surface area contributed by atoms with E-state index in [9.17, 15) is 4.79 Å². The summed E-state index contributed by atoms with van der Waals surface area (Å²) in [5.74, 6) is -0.0745. The predicted octanol–water partition coefficient (Wildman–Crippen LogP) is 4.95. The first kappa shape index (κ1) is 17.2. The molecule has 5 heteroatoms. The topological polar surface area (TPSA) is 54.0 Å². The lowest BCUT2D eigenvalue weighted by atomic mass is 10.1. The third-order valence-electron chi connectivity index (χ3n) is 4.00. The monoisotopic (exact) mass is 353 g/mol. The van der Waals surface area contributed by atoms with Crippen LogP contribution in [0.15, 0.2) is 48.7 Å². The van der Waals surface area contributed by atoms with Crippen molar-refractivity contribution in [2.75, 3.05) is 17.2 Å². The minimum Gasteiger partial charge on any atom is -0.383 e. The van der Waals surface area contributed by atoms with Crippen molar-refractivity contribution in [3.05, 3.63) is 64.8 Å². The minimum atomic E-state index is -0.0745. The zero-order valence-corrected chi connectivity index (χ0v) is 15.0. The molecule has 0 aliphatic rings. The van der Waals surface area contributed by atoms with E-state index >= 15 is 0 Å². The maximum absolute atomic E-state index is 12.2. The van der Waals surface area contributed by atoms with E-state index in [0.717, 1.165) is 27.7 Å². The SMILES string of the molecule is Cc1cc(C)c(NC(=O)CCNc2cccc3cccnc23)c(Cl)c1. The van der Waals surface area contributed by atoms with Crippen molar-refractivity contribution in [1.29, 1.82) is 0 Å². The van der Waals surface area contributed by atoms with Crippen LogP contribution in [0.1, 0.15) is 17.5 Å². The molecule has 3 rings (SSSR count). The second-order valence-electron chi connectivity index (χ2n) is 6.04. The summed E-state index contributed by atoms with van der Waals surface area (Å²) in [5.41, 5.74) is 4.55. The van der Waals surface area contributed by atoms with Crippen molar-refractivity contribution in [3.8, 4) is 0 Å². The highest BCUT2D eigenvalue weighted by Gasteiger charge is 2.10. The fourth-order valence-electron chi connectivity index (χ4n) is 2.83. The van der Waals surface area contributed by atoms with Crippen LogP contribution in [0.3, 0.4) is 0 Å². The molecule has 0 saturated heterocycles. The Hall–Kier alpha value is -2.59. The molecule has 0 aliphatic carbocycles. The van der Waals surface area contributed by atoms with Gasteiger partial charge in [-0.05, 0) is 43.2 Å². The summed E-state index contributed by atoms with van der Waals surface area (Å²) < 4.78 is 0. The van der Waals surface area contributed by atoms with Gasteiger partial charge >= 0.3 is 0 Å². The fraction of sp³-hybridized carbons (Fsp3) is 0.200. The summed E-state index contributed by atoms with van der Waals surface area (Å²) in [4.78, 5) is 16.6. The number of aromatic nitrogens is 1. The number of rotatable bonds is 5. The Kier molecular flexibility index (Phi) is 5.19. The number of nitrogens with one attached hydrogen (secondary N) is 2. The average Bonchev–Trinajstić information content (AvgIpc) is 2.58. The van der Waals surface area contributed by atoms with Crippen LogP contribution < -0.4 is 10.6 Å². The van der Waals surface area contributed by atoms with E-state index in [4.69, 9.17) is 11.6 Å². The largest absolute Gasteiger partial charge is 0.383 e. The summed E-state index contributed by atoms with van der Waals surface area (Å²) >= 11 is 6.24. The second-order valence-corrected chi connectivity index (χ2v) is 6.45. The summed E-state index contributed by atoms with van der Waals surface area (Å²) in [7, 11) is 0. The van der Waals surface area contributed by atoms with Crippen LogP contribution in [0.4, 0.5) is 11.4 Å². The Labute approximate surface area is 152 Å². The zero-order chi connectivity index (χ0) is 17.8. The summed E-state index contributed by atoms with van der Waals surface area (Å²) in [6, 6.07) is 13.7. The number of amides is 1. The summed E-state index contributed by atoms with van der Waals surface area (Å²) in [6.07, 6.45) is 2.11. The Balaban J connectivity index is 1.61. The lowest BCUT2D eigenvalue weighted by Gasteiger charge is -2.12. The molecule has 0 atom stereocenters.